The SMILES string of the molecule is COCCNC(=O)COc1cccc(Cl)c1CC(C)N. The van der Waals surface area contributed by atoms with Gasteiger partial charge in [-0.1, -0.05) is 17.7 Å². The Morgan fingerprint density at radius 3 is 2.90 bits per heavy atom. The molecule has 0 heterocycles. The van der Waals surface area contributed by atoms with Gasteiger partial charge in [0, 0.05) is 30.3 Å². The first kappa shape index (κ1) is 16.8. The number of carbonyl (C=O) groups is 1. The van der Waals surface area contributed by atoms with E-state index >= 15 is 0 Å². The lowest BCUT2D eigenvalue weighted by atomic mass is 10.1. The Labute approximate surface area is 124 Å². The van der Waals surface area contributed by atoms with Crippen molar-refractivity contribution in [2.45, 2.75) is 19.4 Å². The monoisotopic (exact) mass is 300 g/mol. The first-order valence-corrected chi connectivity index (χ1v) is 6.83. The van der Waals surface area contributed by atoms with Crippen LogP contribution < -0.4 is 15.8 Å². The minimum absolute atomic E-state index is 0.0345. The summed E-state index contributed by atoms with van der Waals surface area (Å²) >= 11 is 6.14. The van der Waals surface area contributed by atoms with E-state index in [4.69, 9.17) is 26.8 Å². The molecule has 0 aliphatic heterocycles. The number of hydrogen-bond donors (Lipinski definition) is 2. The van der Waals surface area contributed by atoms with E-state index in [0.717, 1.165) is 5.56 Å². The van der Waals surface area contributed by atoms with Gasteiger partial charge in [0.25, 0.3) is 5.91 Å². The van der Waals surface area contributed by atoms with Crippen molar-refractivity contribution in [3.8, 4) is 5.75 Å². The molecule has 0 radical (unpaired) electrons. The summed E-state index contributed by atoms with van der Waals surface area (Å²) in [6.45, 7) is 2.76. The van der Waals surface area contributed by atoms with Crippen LogP contribution in [0.4, 0.5) is 0 Å². The zero-order chi connectivity index (χ0) is 15.0. The van der Waals surface area contributed by atoms with E-state index < -0.39 is 0 Å². The molecule has 0 bridgehead atoms. The van der Waals surface area contributed by atoms with Crippen LogP contribution >= 0.6 is 11.6 Å². The number of benzene rings is 1. The van der Waals surface area contributed by atoms with Crippen molar-refractivity contribution in [1.29, 1.82) is 0 Å². The van der Waals surface area contributed by atoms with Crippen LogP contribution in [0, 0.1) is 0 Å². The number of ether oxygens (including phenoxy) is 2. The number of halogens is 1. The van der Waals surface area contributed by atoms with Crippen LogP contribution in [0.25, 0.3) is 0 Å². The van der Waals surface area contributed by atoms with Gasteiger partial charge in [-0.2, -0.15) is 0 Å². The van der Waals surface area contributed by atoms with Gasteiger partial charge in [0.15, 0.2) is 6.61 Å². The van der Waals surface area contributed by atoms with Crippen LogP contribution in [0.15, 0.2) is 18.2 Å². The van der Waals surface area contributed by atoms with Crippen molar-refractivity contribution in [2.75, 3.05) is 26.9 Å². The summed E-state index contributed by atoms with van der Waals surface area (Å²) in [6.07, 6.45) is 0.598. The summed E-state index contributed by atoms with van der Waals surface area (Å²) in [5, 5.41) is 3.28. The predicted molar refractivity (Wildman–Crippen MR) is 79.2 cm³/mol. The average molecular weight is 301 g/mol. The quantitative estimate of drug-likeness (QED) is 0.711. The fraction of sp³-hybridized carbons (Fsp3) is 0.500. The zero-order valence-corrected chi connectivity index (χ0v) is 12.6. The van der Waals surface area contributed by atoms with E-state index in [1.54, 1.807) is 25.3 Å². The van der Waals surface area contributed by atoms with Crippen LogP contribution in [0.1, 0.15) is 12.5 Å². The van der Waals surface area contributed by atoms with E-state index in [9.17, 15) is 4.79 Å². The Balaban J connectivity index is 2.58. The number of amides is 1. The second kappa shape index (κ2) is 8.79. The highest BCUT2D eigenvalue weighted by Gasteiger charge is 2.11. The Hall–Kier alpha value is -1.30. The van der Waals surface area contributed by atoms with Gasteiger partial charge in [-0.05, 0) is 25.5 Å². The van der Waals surface area contributed by atoms with Crippen LogP contribution in [0.2, 0.25) is 5.02 Å². The maximum atomic E-state index is 11.6. The highest BCUT2D eigenvalue weighted by Crippen LogP contribution is 2.27. The molecule has 5 nitrogen and oxygen atoms in total. The van der Waals surface area contributed by atoms with Crippen LogP contribution in [0.5, 0.6) is 5.75 Å². The molecule has 3 N–H and O–H groups in total. The van der Waals surface area contributed by atoms with E-state index in [1.807, 2.05) is 6.92 Å². The average Bonchev–Trinajstić information content (AvgIpc) is 2.39. The summed E-state index contributed by atoms with van der Waals surface area (Å²) < 4.78 is 10.4. The third-order valence-electron chi connectivity index (χ3n) is 2.59. The van der Waals surface area contributed by atoms with Gasteiger partial charge in [-0.3, -0.25) is 4.79 Å². The van der Waals surface area contributed by atoms with Crippen molar-refractivity contribution in [3.63, 3.8) is 0 Å². The molecule has 1 aromatic carbocycles. The Morgan fingerprint density at radius 2 is 2.25 bits per heavy atom. The van der Waals surface area contributed by atoms with Gasteiger partial charge in [0.05, 0.1) is 6.61 Å². The number of nitrogens with two attached hydrogens (primary N) is 1. The Kier molecular flexibility index (Phi) is 7.36. The third kappa shape index (κ3) is 5.77. The number of rotatable bonds is 8. The fourth-order valence-corrected chi connectivity index (χ4v) is 1.92. The maximum Gasteiger partial charge on any atom is 0.258 e. The van der Waals surface area contributed by atoms with Crippen molar-refractivity contribution in [3.05, 3.63) is 28.8 Å². The summed E-state index contributed by atoms with van der Waals surface area (Å²) in [5.74, 6) is 0.394. The molecule has 112 valence electrons. The normalized spacial score (nSPS) is 12.0. The number of hydrogen-bond acceptors (Lipinski definition) is 4. The van der Waals surface area contributed by atoms with Gasteiger partial charge in [-0.25, -0.2) is 0 Å². The summed E-state index contributed by atoms with van der Waals surface area (Å²) in [7, 11) is 1.58. The standard InChI is InChI=1S/C14H21ClN2O3/c1-10(16)8-11-12(15)4-3-5-13(11)20-9-14(18)17-6-7-19-2/h3-5,10H,6-9,16H2,1-2H3,(H,17,18). The second-order valence-electron chi connectivity index (χ2n) is 4.53. The van der Waals surface area contributed by atoms with Gasteiger partial charge >= 0.3 is 0 Å². The molecule has 1 atom stereocenters. The maximum absolute atomic E-state index is 11.6. The number of nitrogens with one attached hydrogen (secondary N) is 1. The third-order valence-corrected chi connectivity index (χ3v) is 2.94. The fourth-order valence-electron chi connectivity index (χ4n) is 1.68. The van der Waals surface area contributed by atoms with Gasteiger partial charge < -0.3 is 20.5 Å². The Morgan fingerprint density at radius 1 is 1.50 bits per heavy atom. The highest BCUT2D eigenvalue weighted by molar-refractivity contribution is 6.31. The van der Waals surface area contributed by atoms with Crippen molar-refractivity contribution in [2.24, 2.45) is 5.73 Å². The molecule has 1 amide bonds. The van der Waals surface area contributed by atoms with Gasteiger partial charge in [-0.15, -0.1) is 0 Å². The van der Waals surface area contributed by atoms with Crippen LogP contribution in [-0.2, 0) is 16.0 Å². The smallest absolute Gasteiger partial charge is 0.258 e. The van der Waals surface area contributed by atoms with E-state index in [2.05, 4.69) is 5.32 Å². The summed E-state index contributed by atoms with van der Waals surface area (Å²) in [5.41, 5.74) is 6.62. The molecule has 0 spiro atoms. The topological polar surface area (TPSA) is 73.6 Å². The molecule has 0 aromatic heterocycles. The zero-order valence-electron chi connectivity index (χ0n) is 11.8. The second-order valence-corrected chi connectivity index (χ2v) is 4.94. The van der Waals surface area contributed by atoms with E-state index in [-0.39, 0.29) is 18.6 Å². The highest BCUT2D eigenvalue weighted by atomic mass is 35.5. The molecule has 0 aliphatic carbocycles. The minimum Gasteiger partial charge on any atom is -0.483 e. The lowest BCUT2D eigenvalue weighted by molar-refractivity contribution is -0.123. The molecule has 1 unspecified atom stereocenters. The molecular formula is C14H21ClN2O3. The van der Waals surface area contributed by atoms with Gasteiger partial charge in [0.2, 0.25) is 0 Å². The van der Waals surface area contributed by atoms with Crippen molar-refractivity contribution >= 4 is 17.5 Å². The Bertz CT molecular complexity index is 438. The van der Waals surface area contributed by atoms with E-state index in [1.165, 1.54) is 0 Å². The first-order chi connectivity index (χ1) is 9.54. The molecule has 1 aromatic rings. The molecule has 0 fully saturated rings. The lowest BCUT2D eigenvalue weighted by Gasteiger charge is -2.14. The molecule has 6 heteroatoms. The van der Waals surface area contributed by atoms with Crippen LogP contribution in [0.3, 0.4) is 0 Å². The number of carbonyl (C=O) groups excluding carboxylic acids is 1. The van der Waals surface area contributed by atoms with E-state index in [0.29, 0.717) is 30.3 Å². The van der Waals surface area contributed by atoms with Crippen molar-refractivity contribution in [1.82, 2.24) is 5.32 Å². The molecule has 0 saturated heterocycles. The summed E-state index contributed by atoms with van der Waals surface area (Å²) in [4.78, 5) is 11.6. The molecule has 0 saturated carbocycles. The van der Waals surface area contributed by atoms with Gasteiger partial charge in [0.1, 0.15) is 5.75 Å². The largest absolute Gasteiger partial charge is 0.483 e. The van der Waals surface area contributed by atoms with Crippen LogP contribution in [-0.4, -0.2) is 38.8 Å². The van der Waals surface area contributed by atoms with Crippen molar-refractivity contribution < 1.29 is 14.3 Å². The number of methoxy groups -OCH3 is 1. The first-order valence-electron chi connectivity index (χ1n) is 6.46. The molecular weight excluding hydrogens is 280 g/mol. The lowest BCUT2D eigenvalue weighted by Crippen LogP contribution is -2.31. The molecule has 0 aliphatic rings. The minimum atomic E-state index is -0.200. The molecule has 1 rings (SSSR count). The molecule has 20 heavy (non-hydrogen) atoms. The summed E-state index contributed by atoms with van der Waals surface area (Å²) in [6, 6.07) is 5.31. The predicted octanol–water partition coefficient (Wildman–Crippen LogP) is 1.37.